The lowest BCUT2D eigenvalue weighted by Gasteiger charge is -2.15. The van der Waals surface area contributed by atoms with Crippen LogP contribution in [-0.2, 0) is 16.1 Å². The van der Waals surface area contributed by atoms with E-state index in [1.807, 2.05) is 69.7 Å². The zero-order valence-electron chi connectivity index (χ0n) is 24.1. The Bertz CT molecular complexity index is 1030. The van der Waals surface area contributed by atoms with Crippen LogP contribution in [0.3, 0.4) is 0 Å². The van der Waals surface area contributed by atoms with Crippen molar-refractivity contribution in [3.8, 4) is 0 Å². The van der Waals surface area contributed by atoms with Gasteiger partial charge in [-0.15, -0.1) is 11.3 Å². The minimum atomic E-state index is -0.370. The maximum atomic E-state index is 12.1. The molecule has 0 saturated carbocycles. The topological polar surface area (TPSA) is 106 Å². The Balaban J connectivity index is 0.00000105. The molecule has 1 atom stereocenters. The zero-order chi connectivity index (χ0) is 28.8. The van der Waals surface area contributed by atoms with Crippen LogP contribution >= 0.6 is 11.3 Å². The average Bonchev–Trinajstić information content (AvgIpc) is 3.60. The summed E-state index contributed by atoms with van der Waals surface area (Å²) >= 11 is 1.53. The van der Waals surface area contributed by atoms with E-state index in [9.17, 15) is 4.79 Å². The number of thiazole rings is 1. The monoisotopic (exact) mass is 543 g/mol. The van der Waals surface area contributed by atoms with Crippen molar-refractivity contribution in [2.24, 2.45) is 0 Å². The van der Waals surface area contributed by atoms with E-state index < -0.39 is 0 Å². The Labute approximate surface area is 232 Å². The van der Waals surface area contributed by atoms with Crippen LogP contribution in [-0.4, -0.2) is 58.8 Å². The zero-order valence-corrected chi connectivity index (χ0v) is 24.9. The number of anilines is 1. The van der Waals surface area contributed by atoms with Crippen molar-refractivity contribution < 1.29 is 9.53 Å². The first-order chi connectivity index (χ1) is 18.5. The largest absolute Gasteiger partial charge is 0.383 e. The maximum absolute atomic E-state index is 12.1. The number of imidazole rings is 1. The quantitative estimate of drug-likeness (QED) is 0.303. The highest BCUT2D eigenvalue weighted by atomic mass is 32.1. The number of allylic oxidation sites excluding steroid dienone is 1. The van der Waals surface area contributed by atoms with Gasteiger partial charge in [-0.1, -0.05) is 34.3 Å². The molecule has 0 saturated heterocycles. The number of likely N-dealkylation sites (N-methyl/N-ethyl adjacent to an activating group) is 1. The number of amides is 1. The van der Waals surface area contributed by atoms with Crippen LogP contribution < -0.4 is 16.0 Å². The second-order valence-electron chi connectivity index (χ2n) is 7.31. The van der Waals surface area contributed by atoms with E-state index in [1.165, 1.54) is 16.9 Å². The van der Waals surface area contributed by atoms with Crippen LogP contribution in [0.4, 0.5) is 5.13 Å². The highest BCUT2D eigenvalue weighted by Gasteiger charge is 2.15. The molecule has 0 aliphatic carbocycles. The van der Waals surface area contributed by atoms with Crippen molar-refractivity contribution in [2.75, 3.05) is 32.6 Å². The number of hydrogen-bond donors (Lipinski definition) is 3. The molecule has 9 nitrogen and oxygen atoms in total. The number of pyridine rings is 1. The molecule has 0 aliphatic heterocycles. The third-order valence-electron chi connectivity index (χ3n) is 4.69. The number of nitrogens with one attached hydrogen (secondary N) is 3. The van der Waals surface area contributed by atoms with Gasteiger partial charge in [0.05, 0.1) is 24.3 Å². The second kappa shape index (κ2) is 21.7. The van der Waals surface area contributed by atoms with Gasteiger partial charge in [0.25, 0.3) is 0 Å². The third-order valence-corrected chi connectivity index (χ3v) is 5.38. The minimum Gasteiger partial charge on any atom is -0.383 e. The van der Waals surface area contributed by atoms with Crippen molar-refractivity contribution in [1.29, 1.82) is 0 Å². The molecule has 0 bridgehead atoms. The number of hydrogen-bond acceptors (Lipinski definition) is 8. The summed E-state index contributed by atoms with van der Waals surface area (Å²) in [6, 6.07) is 3.57. The Kier molecular flexibility index (Phi) is 19.8. The van der Waals surface area contributed by atoms with Crippen molar-refractivity contribution in [3.05, 3.63) is 71.7 Å². The van der Waals surface area contributed by atoms with E-state index in [0.717, 1.165) is 22.2 Å². The number of carbonyl (C=O) groups excluding carboxylic acids is 1. The molecule has 1 unspecified atom stereocenters. The van der Waals surface area contributed by atoms with Crippen molar-refractivity contribution in [3.63, 3.8) is 0 Å². The molecule has 1 amide bonds. The summed E-state index contributed by atoms with van der Waals surface area (Å²) in [7, 11) is 3.30. The molecular formula is C28H45N7O2S. The molecule has 3 N–H and O–H groups in total. The first-order valence-electron chi connectivity index (χ1n) is 12.8. The summed E-state index contributed by atoms with van der Waals surface area (Å²) in [4.78, 5) is 24.6. The lowest BCUT2D eigenvalue weighted by atomic mass is 10.2. The van der Waals surface area contributed by atoms with E-state index in [1.54, 1.807) is 45.2 Å². The molecule has 0 spiro atoms. The minimum absolute atomic E-state index is 0.0953. The van der Waals surface area contributed by atoms with Crippen LogP contribution in [0.1, 0.15) is 51.6 Å². The molecule has 3 aromatic rings. The highest BCUT2D eigenvalue weighted by molar-refractivity contribution is 7.13. The Morgan fingerprint density at radius 2 is 1.87 bits per heavy atom. The molecule has 0 aromatic carbocycles. The van der Waals surface area contributed by atoms with Gasteiger partial charge in [0, 0.05) is 49.9 Å². The maximum Gasteiger partial charge on any atom is 0.239 e. The highest BCUT2D eigenvalue weighted by Crippen LogP contribution is 2.17. The standard InChI is InChI=1S/C18H26N6O2S.C6H7N.2C2H6/c1-5-14-16(10-13(2)23-18-21-7-9-27-18)24(12-22-14)8-6-20-17(25)15(19-3)11-26-4;1-6-2-4-7-5-3-6;2*1-2/h5,7,9-10,12,15,19H,1,6,8,11H2,2-4H3,(H,20,25)(H,21,23);2-5H,1H3;2*1-2H3/b13-10+;;;. The number of aromatic nitrogens is 4. The summed E-state index contributed by atoms with van der Waals surface area (Å²) in [6.45, 7) is 17.2. The van der Waals surface area contributed by atoms with Gasteiger partial charge < -0.3 is 25.3 Å². The van der Waals surface area contributed by atoms with Crippen LogP contribution in [0, 0.1) is 6.92 Å². The van der Waals surface area contributed by atoms with Gasteiger partial charge in [-0.05, 0) is 50.7 Å². The van der Waals surface area contributed by atoms with Gasteiger partial charge >= 0.3 is 0 Å². The van der Waals surface area contributed by atoms with Crippen LogP contribution in [0.25, 0.3) is 12.2 Å². The third kappa shape index (κ3) is 13.3. The smallest absolute Gasteiger partial charge is 0.239 e. The van der Waals surface area contributed by atoms with E-state index >= 15 is 0 Å². The van der Waals surface area contributed by atoms with E-state index in [4.69, 9.17) is 4.74 Å². The SMILES string of the molecule is C=Cc1ncn(CCNC(=O)C(COC)NC)c1/C=C(\C)Nc1nccs1.CC.CC.Cc1ccncc1. The summed E-state index contributed by atoms with van der Waals surface area (Å²) in [6.07, 6.45) is 10.8. The molecule has 3 heterocycles. The molecule has 0 aliphatic rings. The Morgan fingerprint density at radius 3 is 2.37 bits per heavy atom. The lowest BCUT2D eigenvalue weighted by molar-refractivity contribution is -0.124. The Hall–Kier alpha value is -3.34. The molecule has 38 heavy (non-hydrogen) atoms. The molecule has 0 fully saturated rings. The summed E-state index contributed by atoms with van der Waals surface area (Å²) in [5, 5.41) is 11.8. The fourth-order valence-electron chi connectivity index (χ4n) is 2.90. The number of ether oxygens (including phenoxy) is 1. The van der Waals surface area contributed by atoms with Gasteiger partial charge in [0.15, 0.2) is 5.13 Å². The van der Waals surface area contributed by atoms with Crippen molar-refractivity contribution in [2.45, 2.75) is 54.1 Å². The van der Waals surface area contributed by atoms with Crippen LogP contribution in [0.5, 0.6) is 0 Å². The van der Waals surface area contributed by atoms with Gasteiger partial charge in [-0.2, -0.15) is 0 Å². The van der Waals surface area contributed by atoms with Gasteiger partial charge in [0.2, 0.25) is 5.91 Å². The average molecular weight is 544 g/mol. The molecular weight excluding hydrogens is 498 g/mol. The van der Waals surface area contributed by atoms with Gasteiger partial charge in [-0.25, -0.2) is 9.97 Å². The van der Waals surface area contributed by atoms with Crippen molar-refractivity contribution in [1.82, 2.24) is 30.2 Å². The van der Waals surface area contributed by atoms with Gasteiger partial charge in [0.1, 0.15) is 6.04 Å². The fourth-order valence-corrected chi connectivity index (χ4v) is 3.49. The first kappa shape index (κ1) is 34.7. The van der Waals surface area contributed by atoms with Crippen molar-refractivity contribution >= 4 is 34.5 Å². The van der Waals surface area contributed by atoms with E-state index in [2.05, 4.69) is 37.5 Å². The number of aryl methyl sites for hydroxylation is 1. The normalized spacial score (nSPS) is 10.9. The van der Waals surface area contributed by atoms with Crippen LogP contribution in [0.2, 0.25) is 0 Å². The van der Waals surface area contributed by atoms with E-state index in [-0.39, 0.29) is 11.9 Å². The first-order valence-corrected chi connectivity index (χ1v) is 13.7. The number of carbonyl (C=O) groups is 1. The van der Waals surface area contributed by atoms with Crippen LogP contribution in [0.15, 0.2) is 54.7 Å². The summed E-state index contributed by atoms with van der Waals surface area (Å²) in [5.41, 5.74) is 3.90. The predicted molar refractivity (Wildman–Crippen MR) is 161 cm³/mol. The van der Waals surface area contributed by atoms with Gasteiger partial charge in [-0.3, -0.25) is 9.78 Å². The fraction of sp³-hybridized carbons (Fsp3) is 0.429. The number of rotatable bonds is 11. The molecule has 10 heteroatoms. The summed E-state index contributed by atoms with van der Waals surface area (Å²) < 4.78 is 7.02. The predicted octanol–water partition coefficient (Wildman–Crippen LogP) is 5.25. The number of methoxy groups -OCH3 is 1. The molecule has 3 aromatic heterocycles. The lowest BCUT2D eigenvalue weighted by Crippen LogP contribution is -2.46. The van der Waals surface area contributed by atoms with E-state index in [0.29, 0.717) is 19.7 Å². The molecule has 0 radical (unpaired) electrons. The second-order valence-corrected chi connectivity index (χ2v) is 8.21. The number of nitrogens with zero attached hydrogens (tertiary/aromatic N) is 4. The molecule has 3 rings (SSSR count). The molecule has 210 valence electrons. The summed E-state index contributed by atoms with van der Waals surface area (Å²) in [5.74, 6) is -0.0953. The Morgan fingerprint density at radius 1 is 1.18 bits per heavy atom.